The van der Waals surface area contributed by atoms with Gasteiger partial charge >= 0.3 is 6.01 Å². The largest absolute Gasteiger partial charge is 0.508 e. The van der Waals surface area contributed by atoms with Gasteiger partial charge in [0.1, 0.15) is 28.6 Å². The highest BCUT2D eigenvalue weighted by Crippen LogP contribution is 2.48. The molecule has 2 aliphatic heterocycles. The maximum atomic E-state index is 17.0. The van der Waals surface area contributed by atoms with Crippen molar-refractivity contribution < 1.29 is 33.2 Å². The van der Waals surface area contributed by atoms with Crippen LogP contribution in [0.3, 0.4) is 0 Å². The number of terminal acetylenes is 1. The number of pyridine rings is 1. The molecule has 0 bridgehead atoms. The molecule has 0 unspecified atom stereocenters. The Morgan fingerprint density at radius 1 is 1.17 bits per heavy atom. The molecule has 0 amide bonds. The first-order valence-electron chi connectivity index (χ1n) is 18.2. The molecule has 276 valence electrons. The van der Waals surface area contributed by atoms with Crippen molar-refractivity contribution in [1.29, 1.82) is 0 Å². The van der Waals surface area contributed by atoms with E-state index in [1.165, 1.54) is 30.5 Å². The molecular formula is C40H47F2N5O5. The van der Waals surface area contributed by atoms with Crippen molar-refractivity contribution in [2.24, 2.45) is 5.41 Å². The van der Waals surface area contributed by atoms with E-state index in [4.69, 9.17) is 25.6 Å². The molecule has 0 radical (unpaired) electrons. The van der Waals surface area contributed by atoms with E-state index in [9.17, 15) is 14.6 Å². The van der Waals surface area contributed by atoms with Crippen LogP contribution in [0.2, 0.25) is 0 Å². The lowest BCUT2D eigenvalue weighted by Crippen LogP contribution is -2.54. The number of aromatic nitrogens is 3. The maximum Gasteiger partial charge on any atom is 0.319 e. The maximum absolute atomic E-state index is 17.0. The molecule has 4 aromatic rings. The lowest BCUT2D eigenvalue weighted by atomic mass is 9.75. The molecule has 4 heterocycles. The number of hydrogen-bond donors (Lipinski definition) is 2. The van der Waals surface area contributed by atoms with Crippen LogP contribution in [0.15, 0.2) is 30.5 Å². The average molecular weight is 716 g/mol. The minimum Gasteiger partial charge on any atom is -0.508 e. The second-order valence-electron chi connectivity index (χ2n) is 15.6. The van der Waals surface area contributed by atoms with Crippen molar-refractivity contribution in [3.63, 3.8) is 0 Å². The van der Waals surface area contributed by atoms with E-state index in [2.05, 4.69) is 20.8 Å². The first-order valence-corrected chi connectivity index (χ1v) is 18.2. The summed E-state index contributed by atoms with van der Waals surface area (Å²) in [5, 5.41) is 22.4. The van der Waals surface area contributed by atoms with Crippen molar-refractivity contribution in [2.75, 3.05) is 44.3 Å². The molecule has 2 aromatic carbocycles. The van der Waals surface area contributed by atoms with Gasteiger partial charge in [-0.05, 0) is 90.4 Å². The number of rotatable bonds is 10. The van der Waals surface area contributed by atoms with Crippen LogP contribution in [0.25, 0.3) is 32.9 Å². The second-order valence-corrected chi connectivity index (χ2v) is 15.6. The highest BCUT2D eigenvalue weighted by atomic mass is 19.1. The van der Waals surface area contributed by atoms with Crippen LogP contribution < -0.4 is 9.64 Å². The predicted molar refractivity (Wildman–Crippen MR) is 195 cm³/mol. The van der Waals surface area contributed by atoms with E-state index < -0.39 is 23.0 Å². The number of ether oxygens (including phenoxy) is 3. The number of nitrogens with zero attached hydrogens (tertiary/aromatic N) is 5. The molecule has 1 aliphatic carbocycles. The third-order valence-corrected chi connectivity index (χ3v) is 10.8. The third kappa shape index (κ3) is 6.87. The number of likely N-dealkylation sites (N-methyl/N-ethyl adjacent to an activating group) is 1. The van der Waals surface area contributed by atoms with Crippen LogP contribution in [0, 0.1) is 29.4 Å². The van der Waals surface area contributed by atoms with E-state index in [0.717, 1.165) is 45.2 Å². The summed E-state index contributed by atoms with van der Waals surface area (Å²) in [6.07, 6.45) is 12.3. The van der Waals surface area contributed by atoms with Crippen molar-refractivity contribution in [3.8, 4) is 35.4 Å². The van der Waals surface area contributed by atoms with Gasteiger partial charge in [0.05, 0.1) is 35.9 Å². The number of likely N-dealkylation sites (tertiary alicyclic amines) is 1. The predicted octanol–water partition coefficient (Wildman–Crippen LogP) is 6.57. The van der Waals surface area contributed by atoms with Gasteiger partial charge in [-0.25, -0.2) is 8.78 Å². The summed E-state index contributed by atoms with van der Waals surface area (Å²) >= 11 is 0. The lowest BCUT2D eigenvalue weighted by Gasteiger charge is -2.46. The van der Waals surface area contributed by atoms with E-state index in [1.807, 2.05) is 25.7 Å². The molecular weight excluding hydrogens is 668 g/mol. The van der Waals surface area contributed by atoms with Crippen LogP contribution in [-0.2, 0) is 9.47 Å². The Balaban J connectivity index is 1.29. The van der Waals surface area contributed by atoms with Crippen molar-refractivity contribution in [3.05, 3.63) is 47.7 Å². The minimum absolute atomic E-state index is 0.00265. The van der Waals surface area contributed by atoms with Gasteiger partial charge in [0.15, 0.2) is 11.6 Å². The van der Waals surface area contributed by atoms with Gasteiger partial charge in [-0.15, -0.1) is 6.42 Å². The van der Waals surface area contributed by atoms with Gasteiger partial charge < -0.3 is 29.3 Å². The molecule has 7 rings (SSSR count). The highest BCUT2D eigenvalue weighted by Gasteiger charge is 2.49. The zero-order valence-corrected chi connectivity index (χ0v) is 30.5. The molecule has 52 heavy (non-hydrogen) atoms. The molecule has 2 N–H and O–H groups in total. The molecule has 1 saturated carbocycles. The number of aromatic hydroxyl groups is 1. The van der Waals surface area contributed by atoms with E-state index in [-0.39, 0.29) is 63.6 Å². The number of anilines is 1. The summed E-state index contributed by atoms with van der Waals surface area (Å²) in [5.41, 5.74) is -1.38. The minimum atomic E-state index is -1.10. The summed E-state index contributed by atoms with van der Waals surface area (Å²) in [6.45, 7) is 12.5. The number of piperidine rings is 1. The summed E-state index contributed by atoms with van der Waals surface area (Å²) in [4.78, 5) is 18.3. The normalized spacial score (nSPS) is 23.2. The first kappa shape index (κ1) is 36.2. The Morgan fingerprint density at radius 3 is 2.67 bits per heavy atom. The Bertz CT molecular complexity index is 2050. The fraction of sp³-hybridized carbons (Fsp3) is 0.525. The lowest BCUT2D eigenvalue weighted by molar-refractivity contribution is -0.143. The van der Waals surface area contributed by atoms with Crippen LogP contribution in [0.5, 0.6) is 11.8 Å². The molecule has 10 nitrogen and oxygen atoms in total. The zero-order chi connectivity index (χ0) is 37.0. The summed E-state index contributed by atoms with van der Waals surface area (Å²) in [5.74, 6) is 0.558. The fourth-order valence-electron chi connectivity index (χ4n) is 8.63. The molecule has 2 aromatic heterocycles. The molecule has 3 aliphatic rings. The second kappa shape index (κ2) is 13.7. The Hall–Kier alpha value is -4.15. The summed E-state index contributed by atoms with van der Waals surface area (Å²) < 4.78 is 50.5. The van der Waals surface area contributed by atoms with Crippen LogP contribution in [-0.4, -0.2) is 93.0 Å². The molecule has 3 fully saturated rings. The van der Waals surface area contributed by atoms with E-state index in [0.29, 0.717) is 36.3 Å². The standard InChI is InChI=1S/C40H47F2N5O5/c1-7-27-30(41)13-12-24-17-25(48)18-28(32(24)27)34-33(42)35-29(19-43-34)36(46(8-2)22-38(3,4)49)45-37(44-35)50-23-40-14-9-11-31(40)47(16-10-15-40)20-26-21-51-39(5,6)52-26/h1,12-13,17-19,26,31,48-49H,8-11,14-16,20-23H2,2-6H3/t26-,31+,40+/m0/s1. The smallest absolute Gasteiger partial charge is 0.319 e. The number of phenolic OH excluding ortho intramolecular Hbond substituents is 1. The van der Waals surface area contributed by atoms with Crippen LogP contribution in [0.1, 0.15) is 72.3 Å². The van der Waals surface area contributed by atoms with Gasteiger partial charge in [0, 0.05) is 48.2 Å². The van der Waals surface area contributed by atoms with Crippen molar-refractivity contribution >= 4 is 27.5 Å². The fourth-order valence-corrected chi connectivity index (χ4v) is 8.63. The molecule has 12 heteroatoms. The van der Waals surface area contributed by atoms with E-state index >= 15 is 4.39 Å². The van der Waals surface area contributed by atoms with Gasteiger partial charge in [-0.2, -0.15) is 9.97 Å². The zero-order valence-electron chi connectivity index (χ0n) is 30.5. The van der Waals surface area contributed by atoms with Crippen LogP contribution in [0.4, 0.5) is 14.6 Å². The Morgan fingerprint density at radius 2 is 1.96 bits per heavy atom. The number of phenols is 1. The topological polar surface area (TPSA) is 113 Å². The van der Waals surface area contributed by atoms with Gasteiger partial charge in [-0.1, -0.05) is 18.4 Å². The third-order valence-electron chi connectivity index (χ3n) is 10.8. The molecule has 0 spiro atoms. The SMILES string of the molecule is C#Cc1c(F)ccc2cc(O)cc(-c3ncc4c(N(CC)CC(C)(C)O)nc(OC[C@]56CCC[C@H]5N(C[C@H]5COC(C)(C)O5)CCC6)nc4c3F)c12. The number of halogens is 2. The molecule has 2 saturated heterocycles. The number of hydrogen-bond acceptors (Lipinski definition) is 10. The van der Waals surface area contributed by atoms with Gasteiger partial charge in [0.2, 0.25) is 0 Å². The monoisotopic (exact) mass is 715 g/mol. The summed E-state index contributed by atoms with van der Waals surface area (Å²) in [6, 6.07) is 5.76. The quantitative estimate of drug-likeness (QED) is 0.175. The number of fused-ring (bicyclic) bond motifs is 3. The number of benzene rings is 2. The average Bonchev–Trinajstić information content (AvgIpc) is 3.68. The highest BCUT2D eigenvalue weighted by molar-refractivity contribution is 6.03. The van der Waals surface area contributed by atoms with Gasteiger partial charge in [0.25, 0.3) is 0 Å². The van der Waals surface area contributed by atoms with Crippen LogP contribution >= 0.6 is 0 Å². The molecule has 3 atom stereocenters. The first-order chi connectivity index (χ1) is 24.7. The van der Waals surface area contributed by atoms with Crippen molar-refractivity contribution in [2.45, 2.75) is 90.3 Å². The summed E-state index contributed by atoms with van der Waals surface area (Å²) in [7, 11) is 0. The Kier molecular flexibility index (Phi) is 9.53. The van der Waals surface area contributed by atoms with Gasteiger partial charge in [-0.3, -0.25) is 9.88 Å². The Labute approximate surface area is 303 Å². The van der Waals surface area contributed by atoms with Crippen molar-refractivity contribution in [1.82, 2.24) is 19.9 Å². The van der Waals surface area contributed by atoms with E-state index in [1.54, 1.807) is 13.8 Å². The number of aliphatic hydroxyl groups is 1.